The fourth-order valence-electron chi connectivity index (χ4n) is 4.39. The van der Waals surface area contributed by atoms with Crippen LogP contribution in [0, 0.1) is 5.92 Å². The molecule has 0 spiro atoms. The molecular weight excluding hydrogens is 394 g/mol. The van der Waals surface area contributed by atoms with Gasteiger partial charge in [-0.3, -0.25) is 4.79 Å². The number of carbonyl (C=O) groups is 1. The first kappa shape index (κ1) is 19.2. The van der Waals surface area contributed by atoms with Crippen LogP contribution < -0.4 is 10.2 Å². The maximum Gasteiger partial charge on any atom is 0.231 e. The molecule has 0 radical (unpaired) electrons. The molecule has 1 saturated heterocycles. The number of hydrogen-bond acceptors (Lipinski definition) is 6. The normalized spacial score (nSPS) is 18.7. The van der Waals surface area contributed by atoms with Crippen LogP contribution in [0.2, 0.25) is 0 Å². The van der Waals surface area contributed by atoms with Gasteiger partial charge in [0.05, 0.1) is 11.6 Å². The maximum atomic E-state index is 12.9. The van der Waals surface area contributed by atoms with E-state index in [0.29, 0.717) is 17.6 Å². The Hall–Kier alpha value is -2.80. The van der Waals surface area contributed by atoms with Crippen molar-refractivity contribution in [3.8, 4) is 11.3 Å². The zero-order valence-electron chi connectivity index (χ0n) is 16.9. The summed E-state index contributed by atoms with van der Waals surface area (Å²) in [6, 6.07) is 8.47. The van der Waals surface area contributed by atoms with E-state index in [-0.39, 0.29) is 11.8 Å². The van der Waals surface area contributed by atoms with Crippen LogP contribution in [0.25, 0.3) is 11.3 Å². The van der Waals surface area contributed by atoms with Gasteiger partial charge in [-0.05, 0) is 61.8 Å². The van der Waals surface area contributed by atoms with E-state index in [4.69, 9.17) is 0 Å². The largest absolute Gasteiger partial charge is 0.340 e. The van der Waals surface area contributed by atoms with Crippen LogP contribution in [0.4, 0.5) is 11.1 Å². The summed E-state index contributed by atoms with van der Waals surface area (Å²) in [6.45, 7) is 1.52. The van der Waals surface area contributed by atoms with E-state index in [1.54, 1.807) is 18.5 Å². The average molecular weight is 420 g/mol. The van der Waals surface area contributed by atoms with E-state index < -0.39 is 0 Å². The van der Waals surface area contributed by atoms with Crippen molar-refractivity contribution in [3.05, 3.63) is 53.2 Å². The first-order valence-electron chi connectivity index (χ1n) is 10.7. The van der Waals surface area contributed by atoms with E-state index in [1.807, 2.05) is 5.38 Å². The van der Waals surface area contributed by atoms with Crippen molar-refractivity contribution >= 4 is 28.3 Å². The highest BCUT2D eigenvalue weighted by Gasteiger charge is 2.27. The Labute approximate surface area is 180 Å². The van der Waals surface area contributed by atoms with Crippen LogP contribution in [0.1, 0.15) is 36.8 Å². The molecule has 2 aliphatic rings. The lowest BCUT2D eigenvalue weighted by molar-refractivity contribution is -0.120. The molecule has 0 bridgehead atoms. The van der Waals surface area contributed by atoms with E-state index in [1.165, 1.54) is 41.7 Å². The molecular formula is C23H25N5OS. The van der Waals surface area contributed by atoms with Crippen molar-refractivity contribution in [1.82, 2.24) is 15.0 Å². The molecule has 1 aromatic carbocycles. The van der Waals surface area contributed by atoms with Crippen LogP contribution >= 0.6 is 11.3 Å². The molecule has 1 amide bonds. The molecule has 154 valence electrons. The van der Waals surface area contributed by atoms with Crippen molar-refractivity contribution in [1.29, 1.82) is 0 Å². The monoisotopic (exact) mass is 419 g/mol. The number of piperidine rings is 1. The number of aromatic nitrogens is 3. The summed E-state index contributed by atoms with van der Waals surface area (Å²) in [7, 11) is 0. The standard InChI is InChI=1S/C23H25N5OS/c29-21(19-7-3-12-28(14-19)22-24-10-4-11-25-22)27-23-26-20(15-30-23)18-9-8-16-5-1-2-6-17(16)13-18/h4,8-11,13,15,19H,1-3,5-7,12,14H2,(H,26,27,29). The highest BCUT2D eigenvalue weighted by atomic mass is 32.1. The summed E-state index contributed by atoms with van der Waals surface area (Å²) in [5.41, 5.74) is 4.99. The number of thiazole rings is 1. The van der Waals surface area contributed by atoms with Gasteiger partial charge >= 0.3 is 0 Å². The summed E-state index contributed by atoms with van der Waals surface area (Å²) >= 11 is 1.49. The van der Waals surface area contributed by atoms with Gasteiger partial charge in [0.15, 0.2) is 5.13 Å². The molecule has 3 heterocycles. The second-order valence-corrected chi connectivity index (χ2v) is 8.91. The quantitative estimate of drug-likeness (QED) is 0.681. The van der Waals surface area contributed by atoms with Crippen LogP contribution in [-0.2, 0) is 17.6 Å². The first-order valence-corrected chi connectivity index (χ1v) is 11.5. The molecule has 2 aromatic heterocycles. The third kappa shape index (κ3) is 4.07. The predicted octanol–water partition coefficient (Wildman–Crippen LogP) is 4.33. The molecule has 6 nitrogen and oxygen atoms in total. The van der Waals surface area contributed by atoms with Gasteiger partial charge in [0.1, 0.15) is 0 Å². The number of nitrogens with one attached hydrogen (secondary N) is 1. The number of rotatable bonds is 4. The highest BCUT2D eigenvalue weighted by molar-refractivity contribution is 7.14. The second-order valence-electron chi connectivity index (χ2n) is 8.05. The number of aryl methyl sites for hydroxylation is 2. The zero-order valence-corrected chi connectivity index (χ0v) is 17.7. The molecule has 1 fully saturated rings. The van der Waals surface area contributed by atoms with E-state index >= 15 is 0 Å². The lowest BCUT2D eigenvalue weighted by atomic mass is 9.90. The molecule has 1 N–H and O–H groups in total. The van der Waals surface area contributed by atoms with Crippen LogP contribution in [0.5, 0.6) is 0 Å². The number of hydrogen-bond donors (Lipinski definition) is 1. The minimum atomic E-state index is -0.0846. The van der Waals surface area contributed by atoms with Gasteiger partial charge in [0.2, 0.25) is 11.9 Å². The number of nitrogens with zero attached hydrogens (tertiary/aromatic N) is 4. The van der Waals surface area contributed by atoms with Crippen LogP contribution in [0.3, 0.4) is 0 Å². The number of benzene rings is 1. The maximum absolute atomic E-state index is 12.9. The van der Waals surface area contributed by atoms with Crippen molar-refractivity contribution in [3.63, 3.8) is 0 Å². The summed E-state index contributed by atoms with van der Waals surface area (Å²) in [6.07, 6.45) is 10.2. The van der Waals surface area contributed by atoms with Crippen molar-refractivity contribution < 1.29 is 4.79 Å². The Morgan fingerprint density at radius 2 is 1.93 bits per heavy atom. The molecule has 1 aliphatic heterocycles. The number of anilines is 2. The summed E-state index contributed by atoms with van der Waals surface area (Å²) in [5, 5.41) is 5.74. The van der Waals surface area contributed by atoms with Crippen LogP contribution in [-0.4, -0.2) is 33.9 Å². The lowest BCUT2D eigenvalue weighted by Gasteiger charge is -2.31. The minimum Gasteiger partial charge on any atom is -0.340 e. The zero-order chi connectivity index (χ0) is 20.3. The van der Waals surface area contributed by atoms with E-state index in [2.05, 4.69) is 43.4 Å². The molecule has 30 heavy (non-hydrogen) atoms. The Morgan fingerprint density at radius 1 is 1.10 bits per heavy atom. The first-order chi connectivity index (χ1) is 14.8. The topological polar surface area (TPSA) is 71.0 Å². The fraction of sp³-hybridized carbons (Fsp3) is 0.391. The van der Waals surface area contributed by atoms with Gasteiger partial charge in [-0.25, -0.2) is 15.0 Å². The highest BCUT2D eigenvalue weighted by Crippen LogP contribution is 2.30. The average Bonchev–Trinajstić information content (AvgIpc) is 3.28. The summed E-state index contributed by atoms with van der Waals surface area (Å²) < 4.78 is 0. The van der Waals surface area contributed by atoms with Gasteiger partial charge < -0.3 is 10.2 Å². The molecule has 1 unspecified atom stereocenters. The number of carbonyl (C=O) groups excluding carboxylic acids is 1. The number of fused-ring (bicyclic) bond motifs is 1. The van der Waals surface area contributed by atoms with Crippen molar-refractivity contribution in [2.45, 2.75) is 38.5 Å². The molecule has 1 atom stereocenters. The second kappa shape index (κ2) is 8.52. The third-order valence-corrected chi connectivity index (χ3v) is 6.76. The van der Waals surface area contributed by atoms with Gasteiger partial charge in [0, 0.05) is 36.4 Å². The Kier molecular flexibility index (Phi) is 5.45. The SMILES string of the molecule is O=C(Nc1nc(-c2ccc3c(c2)CCCC3)cs1)C1CCCN(c2ncccn2)C1. The number of amides is 1. The van der Waals surface area contributed by atoms with Crippen molar-refractivity contribution in [2.24, 2.45) is 5.92 Å². The van der Waals surface area contributed by atoms with Gasteiger partial charge in [0.25, 0.3) is 0 Å². The smallest absolute Gasteiger partial charge is 0.231 e. The van der Waals surface area contributed by atoms with E-state index in [0.717, 1.165) is 37.1 Å². The molecule has 3 aromatic rings. The van der Waals surface area contributed by atoms with Gasteiger partial charge in [-0.15, -0.1) is 11.3 Å². The molecule has 0 saturated carbocycles. The summed E-state index contributed by atoms with van der Waals surface area (Å²) in [5.74, 6) is 0.638. The lowest BCUT2D eigenvalue weighted by Crippen LogP contribution is -2.41. The van der Waals surface area contributed by atoms with Crippen LogP contribution in [0.15, 0.2) is 42.0 Å². The Balaban J connectivity index is 1.25. The Morgan fingerprint density at radius 3 is 2.80 bits per heavy atom. The van der Waals surface area contributed by atoms with E-state index in [9.17, 15) is 4.79 Å². The fourth-order valence-corrected chi connectivity index (χ4v) is 5.11. The molecule has 5 rings (SSSR count). The van der Waals surface area contributed by atoms with Gasteiger partial charge in [-0.2, -0.15) is 0 Å². The predicted molar refractivity (Wildman–Crippen MR) is 120 cm³/mol. The third-order valence-electron chi connectivity index (χ3n) is 6.01. The molecule has 1 aliphatic carbocycles. The Bertz CT molecular complexity index is 1040. The summed E-state index contributed by atoms with van der Waals surface area (Å²) in [4.78, 5) is 28.3. The molecule has 7 heteroatoms. The minimum absolute atomic E-state index is 0.0296. The van der Waals surface area contributed by atoms with Gasteiger partial charge in [-0.1, -0.05) is 12.1 Å². The van der Waals surface area contributed by atoms with Crippen molar-refractivity contribution in [2.75, 3.05) is 23.3 Å².